The monoisotopic (exact) mass is 357 g/mol. The van der Waals surface area contributed by atoms with E-state index in [0.29, 0.717) is 23.9 Å². The van der Waals surface area contributed by atoms with E-state index in [0.717, 1.165) is 0 Å². The van der Waals surface area contributed by atoms with Crippen LogP contribution in [-0.4, -0.2) is 92.2 Å². The summed E-state index contributed by atoms with van der Waals surface area (Å²) in [6.45, 7) is 2.45. The van der Waals surface area contributed by atoms with E-state index in [1.165, 1.54) is 16.7 Å². The Balaban J connectivity index is 1.91. The molecule has 1 fully saturated rings. The van der Waals surface area contributed by atoms with Crippen LogP contribution in [0.5, 0.6) is 0 Å². The molecule has 9 nitrogen and oxygen atoms in total. The van der Waals surface area contributed by atoms with Crippen LogP contribution in [0, 0.1) is 12.8 Å². The molecule has 0 bridgehead atoms. The third kappa shape index (κ3) is 4.68. The minimum absolute atomic E-state index is 0.114. The molecule has 0 aliphatic carbocycles. The Morgan fingerprint density at radius 3 is 2.88 bits per heavy atom. The molecular weight excluding hydrogens is 334 g/mol. The topological polar surface area (TPSA) is 123 Å². The van der Waals surface area contributed by atoms with Crippen LogP contribution in [-0.2, 0) is 9.59 Å². The summed E-state index contributed by atoms with van der Waals surface area (Å²) in [6.07, 6.45) is -0.412. The van der Waals surface area contributed by atoms with E-state index in [2.05, 4.69) is 15.2 Å². The van der Waals surface area contributed by atoms with Gasteiger partial charge in [-0.25, -0.2) is 4.98 Å². The van der Waals surface area contributed by atoms with E-state index in [-0.39, 0.29) is 37.3 Å². The zero-order chi connectivity index (χ0) is 17.7. The normalized spacial score (nSPS) is 20.9. The molecule has 0 saturated carbocycles. The summed E-state index contributed by atoms with van der Waals surface area (Å²) < 4.78 is 0. The average Bonchev–Trinajstić information content (AvgIpc) is 2.98. The third-order valence-corrected chi connectivity index (χ3v) is 4.79. The number of aromatic amines is 1. The number of amides is 2. The first-order valence-corrected chi connectivity index (χ1v) is 8.74. The van der Waals surface area contributed by atoms with Crippen LogP contribution >= 0.6 is 11.8 Å². The molecule has 24 heavy (non-hydrogen) atoms. The first-order chi connectivity index (χ1) is 11.4. The van der Waals surface area contributed by atoms with E-state index < -0.39 is 12.0 Å². The van der Waals surface area contributed by atoms with Gasteiger partial charge in [0.15, 0.2) is 0 Å². The molecule has 0 aromatic carbocycles. The predicted octanol–water partition coefficient (Wildman–Crippen LogP) is -1.13. The Labute approximate surface area is 144 Å². The second-order valence-corrected chi connectivity index (χ2v) is 6.72. The Hall–Kier alpha value is -1.65. The highest BCUT2D eigenvalue weighted by Gasteiger charge is 2.36. The molecule has 3 N–H and O–H groups in total. The lowest BCUT2D eigenvalue weighted by atomic mass is 9.93. The van der Waals surface area contributed by atoms with Crippen molar-refractivity contribution in [1.82, 2.24) is 25.0 Å². The van der Waals surface area contributed by atoms with Gasteiger partial charge in [0.2, 0.25) is 17.0 Å². The number of likely N-dealkylation sites (N-methyl/N-ethyl adjacent to an activating group) is 1. The summed E-state index contributed by atoms with van der Waals surface area (Å²) in [5.41, 5.74) is 0. The number of aliphatic hydroxyl groups excluding tert-OH is 2. The molecule has 1 aliphatic heterocycles. The molecule has 1 aliphatic rings. The molecule has 2 heterocycles. The SMILES string of the molecule is Cc1nc(SCC(=O)N2CC[C@@H](O)[C@@H](C(=O)N(C)CCO)C2)n[nH]1. The summed E-state index contributed by atoms with van der Waals surface area (Å²) in [5, 5.41) is 26.2. The van der Waals surface area contributed by atoms with E-state index in [1.807, 2.05) is 0 Å². The standard InChI is InChI=1S/C14H23N5O4S/c1-9-15-14(17-16-9)24-8-12(22)19-4-3-11(21)10(7-19)13(23)18(2)5-6-20/h10-11,20-21H,3-8H2,1-2H3,(H,15,16,17)/t10-,11+/m0/s1. The highest BCUT2D eigenvalue weighted by molar-refractivity contribution is 7.99. The number of H-pyrrole nitrogens is 1. The number of thioether (sulfide) groups is 1. The number of nitrogens with one attached hydrogen (secondary N) is 1. The van der Waals surface area contributed by atoms with Crippen molar-refractivity contribution in [3.05, 3.63) is 5.82 Å². The van der Waals surface area contributed by atoms with Gasteiger partial charge in [-0.15, -0.1) is 5.10 Å². The summed E-state index contributed by atoms with van der Waals surface area (Å²) in [4.78, 5) is 31.8. The third-order valence-electron chi connectivity index (χ3n) is 3.96. The summed E-state index contributed by atoms with van der Waals surface area (Å²) in [5.74, 6) is -0.164. The van der Waals surface area contributed by atoms with E-state index >= 15 is 0 Å². The Kier molecular flexibility index (Phi) is 6.58. The van der Waals surface area contributed by atoms with Gasteiger partial charge in [-0.1, -0.05) is 11.8 Å². The van der Waals surface area contributed by atoms with E-state index in [4.69, 9.17) is 5.11 Å². The Morgan fingerprint density at radius 1 is 1.50 bits per heavy atom. The number of nitrogens with zero attached hydrogens (tertiary/aromatic N) is 4. The van der Waals surface area contributed by atoms with Crippen LogP contribution in [0.25, 0.3) is 0 Å². The van der Waals surface area contributed by atoms with Gasteiger partial charge < -0.3 is 20.0 Å². The minimum atomic E-state index is -0.772. The summed E-state index contributed by atoms with van der Waals surface area (Å²) in [6, 6.07) is 0. The van der Waals surface area contributed by atoms with Crippen LogP contribution in [0.3, 0.4) is 0 Å². The van der Waals surface area contributed by atoms with Crippen LogP contribution in [0.15, 0.2) is 5.16 Å². The number of hydrogen-bond donors (Lipinski definition) is 3. The van der Waals surface area contributed by atoms with E-state index in [1.54, 1.807) is 18.9 Å². The highest BCUT2D eigenvalue weighted by Crippen LogP contribution is 2.21. The smallest absolute Gasteiger partial charge is 0.233 e. The van der Waals surface area contributed by atoms with Crippen molar-refractivity contribution in [3.8, 4) is 0 Å². The number of hydrogen-bond acceptors (Lipinski definition) is 7. The zero-order valence-corrected chi connectivity index (χ0v) is 14.6. The molecule has 2 atom stereocenters. The van der Waals surface area contributed by atoms with Gasteiger partial charge >= 0.3 is 0 Å². The fraction of sp³-hybridized carbons (Fsp3) is 0.714. The van der Waals surface area contributed by atoms with Crippen molar-refractivity contribution in [2.24, 2.45) is 5.92 Å². The summed E-state index contributed by atoms with van der Waals surface area (Å²) >= 11 is 1.23. The van der Waals surface area contributed by atoms with Crippen molar-refractivity contribution >= 4 is 23.6 Å². The quantitative estimate of drug-likeness (QED) is 0.550. The number of likely N-dealkylation sites (tertiary alicyclic amines) is 1. The predicted molar refractivity (Wildman–Crippen MR) is 87.3 cm³/mol. The molecule has 0 unspecified atom stereocenters. The first-order valence-electron chi connectivity index (χ1n) is 7.76. The largest absolute Gasteiger partial charge is 0.395 e. The van der Waals surface area contributed by atoms with Gasteiger partial charge in [0.1, 0.15) is 5.82 Å². The highest BCUT2D eigenvalue weighted by atomic mass is 32.2. The van der Waals surface area contributed by atoms with Crippen molar-refractivity contribution in [1.29, 1.82) is 0 Å². The van der Waals surface area contributed by atoms with Gasteiger partial charge in [0, 0.05) is 26.7 Å². The molecule has 2 amide bonds. The zero-order valence-electron chi connectivity index (χ0n) is 13.8. The van der Waals surface area contributed by atoms with E-state index in [9.17, 15) is 14.7 Å². The average molecular weight is 357 g/mol. The minimum Gasteiger partial charge on any atom is -0.395 e. The molecule has 134 valence electrons. The molecule has 1 aromatic heterocycles. The number of carbonyl (C=O) groups excluding carboxylic acids is 2. The lowest BCUT2D eigenvalue weighted by Gasteiger charge is -2.37. The lowest BCUT2D eigenvalue weighted by Crippen LogP contribution is -2.52. The molecule has 0 radical (unpaired) electrons. The molecule has 2 rings (SSSR count). The maximum absolute atomic E-state index is 12.3. The molecule has 10 heteroatoms. The maximum Gasteiger partial charge on any atom is 0.233 e. The van der Waals surface area contributed by atoms with Gasteiger partial charge in [0.25, 0.3) is 0 Å². The van der Waals surface area contributed by atoms with Gasteiger partial charge in [-0.3, -0.25) is 14.7 Å². The number of aliphatic hydroxyl groups is 2. The van der Waals surface area contributed by atoms with Crippen LogP contribution < -0.4 is 0 Å². The number of aromatic nitrogens is 3. The number of rotatable bonds is 6. The molecule has 1 saturated heterocycles. The fourth-order valence-electron chi connectivity index (χ4n) is 2.56. The van der Waals surface area contributed by atoms with Gasteiger partial charge in [0.05, 0.1) is 24.4 Å². The Bertz CT molecular complexity index is 581. The molecule has 1 aromatic rings. The maximum atomic E-state index is 12.3. The van der Waals surface area contributed by atoms with Crippen molar-refractivity contribution in [3.63, 3.8) is 0 Å². The molecular formula is C14H23N5O4S. The second kappa shape index (κ2) is 8.45. The second-order valence-electron chi connectivity index (χ2n) is 5.78. The number of carbonyl (C=O) groups is 2. The van der Waals surface area contributed by atoms with Gasteiger partial charge in [-0.05, 0) is 13.3 Å². The van der Waals surface area contributed by atoms with Gasteiger partial charge in [-0.2, -0.15) is 0 Å². The van der Waals surface area contributed by atoms with Crippen LogP contribution in [0.4, 0.5) is 0 Å². The Morgan fingerprint density at radius 2 is 2.25 bits per heavy atom. The fourth-order valence-corrected chi connectivity index (χ4v) is 3.30. The van der Waals surface area contributed by atoms with Crippen molar-refractivity contribution in [2.75, 3.05) is 39.0 Å². The van der Waals surface area contributed by atoms with Crippen molar-refractivity contribution < 1.29 is 19.8 Å². The lowest BCUT2D eigenvalue weighted by molar-refractivity contribution is -0.145. The first kappa shape index (κ1) is 18.7. The number of aryl methyl sites for hydroxylation is 1. The molecule has 0 spiro atoms. The van der Waals surface area contributed by atoms with Crippen LogP contribution in [0.2, 0.25) is 0 Å². The van der Waals surface area contributed by atoms with Crippen molar-refractivity contribution in [2.45, 2.75) is 24.6 Å². The number of piperidine rings is 1. The van der Waals surface area contributed by atoms with Crippen LogP contribution in [0.1, 0.15) is 12.2 Å². The summed E-state index contributed by atoms with van der Waals surface area (Å²) in [7, 11) is 1.58.